The van der Waals surface area contributed by atoms with E-state index in [0.717, 1.165) is 0 Å². The average molecular weight is 1360 g/mol. The summed E-state index contributed by atoms with van der Waals surface area (Å²) in [5, 5.41) is 72.0. The quantitative estimate of drug-likeness (QED) is 0.0972. The maximum absolute atomic E-state index is 14.4. The first-order chi connectivity index (χ1) is 42.0. The van der Waals surface area contributed by atoms with Crippen molar-refractivity contribution in [1.29, 1.82) is 0 Å². The van der Waals surface area contributed by atoms with Crippen LogP contribution >= 0.6 is 0 Å². The van der Waals surface area contributed by atoms with Crippen molar-refractivity contribution < 1.29 is 97.4 Å². The summed E-state index contributed by atoms with van der Waals surface area (Å²) in [5.41, 5.74) is 3.38. The van der Waals surface area contributed by atoms with Crippen LogP contribution in [0.4, 0.5) is 0 Å². The Morgan fingerprint density at radius 1 is 0.443 bits per heavy atom. The van der Waals surface area contributed by atoms with E-state index in [9.17, 15) is 58.8 Å². The van der Waals surface area contributed by atoms with Crippen molar-refractivity contribution in [3.8, 4) is 23.0 Å². The van der Waals surface area contributed by atoms with Gasteiger partial charge in [0.15, 0.2) is 0 Å². The fraction of sp³-hybridized carbons (Fsp3) is 0.484. The number of carbonyl (C=O) groups is 8. The van der Waals surface area contributed by atoms with Gasteiger partial charge in [-0.05, 0) is 120 Å². The van der Waals surface area contributed by atoms with E-state index in [1.54, 1.807) is 0 Å². The van der Waals surface area contributed by atoms with Gasteiger partial charge in [0.05, 0.1) is 44.5 Å². The fourth-order valence-electron chi connectivity index (χ4n) is 12.1. The number of phenolic OH excluding ortho intramolecular Hbond substituents is 3. The first-order valence-corrected chi connectivity index (χ1v) is 30.2. The third kappa shape index (κ3) is 16.6. The number of nitrogens with one attached hydrogen (secondary N) is 8. The number of rotatable bonds is 4. The summed E-state index contributed by atoms with van der Waals surface area (Å²) >= 11 is 0. The van der Waals surface area contributed by atoms with E-state index in [-0.39, 0.29) is 142 Å². The number of fused-ring (bicyclic) bond motifs is 18. The van der Waals surface area contributed by atoms with Crippen LogP contribution in [0, 0.1) is 38.6 Å². The summed E-state index contributed by atoms with van der Waals surface area (Å²) in [6.45, 7) is 5.63. The Morgan fingerprint density at radius 2 is 0.784 bits per heavy atom. The van der Waals surface area contributed by atoms with E-state index in [0.29, 0.717) is 117 Å². The van der Waals surface area contributed by atoms with Crippen LogP contribution in [0.5, 0.6) is 23.0 Å². The monoisotopic (exact) mass is 1360 g/mol. The second-order valence-electron chi connectivity index (χ2n) is 23.2. The smallest absolute Gasteiger partial charge is 0.871 e. The third-order valence-electron chi connectivity index (χ3n) is 17.3. The molecule has 5 heterocycles. The molecule has 26 heteroatoms. The number of benzene rings is 4. The molecule has 4 aromatic rings. The van der Waals surface area contributed by atoms with Crippen LogP contribution in [-0.2, 0) is 0 Å². The Hall–Kier alpha value is -7.07. The predicted molar refractivity (Wildman–Crippen MR) is 320 cm³/mol. The number of para-hydroxylation sites is 4. The van der Waals surface area contributed by atoms with E-state index in [1.807, 2.05) is 0 Å². The molecule has 5 aliphatic heterocycles. The minimum atomic E-state index is -0.823. The molecule has 12 bridgehead atoms. The molecule has 472 valence electrons. The van der Waals surface area contributed by atoms with Crippen molar-refractivity contribution in [1.82, 2.24) is 62.1 Å². The molecule has 4 aromatic carbocycles. The number of nitrogens with two attached hydrogens (primary N) is 1. The van der Waals surface area contributed by atoms with Crippen LogP contribution in [0.15, 0.2) is 72.8 Å². The Labute approximate surface area is 542 Å². The van der Waals surface area contributed by atoms with E-state index in [4.69, 9.17) is 5.73 Å². The summed E-state index contributed by atoms with van der Waals surface area (Å²) in [7, 11) is 0. The van der Waals surface area contributed by atoms with Crippen LogP contribution in [0.1, 0.15) is 141 Å². The van der Waals surface area contributed by atoms with Crippen LogP contribution in [0.2, 0.25) is 0 Å². The molecule has 0 saturated carbocycles. The zero-order valence-electron chi connectivity index (χ0n) is 49.3. The van der Waals surface area contributed by atoms with Crippen molar-refractivity contribution >= 4 is 47.3 Å². The van der Waals surface area contributed by atoms with Gasteiger partial charge >= 0.3 is 38.6 Å². The molecule has 2 fully saturated rings. The molecule has 2 saturated heterocycles. The molecular weight excluding hydrogens is 1280 g/mol. The van der Waals surface area contributed by atoms with Gasteiger partial charge < -0.3 is 78.5 Å². The van der Waals surface area contributed by atoms with Gasteiger partial charge in [0.2, 0.25) is 0 Å². The van der Waals surface area contributed by atoms with Gasteiger partial charge in [-0.25, -0.2) is 0 Å². The van der Waals surface area contributed by atoms with Crippen LogP contribution in [0.25, 0.3) is 0 Å². The second-order valence-corrected chi connectivity index (χ2v) is 23.2. The van der Waals surface area contributed by atoms with Gasteiger partial charge in [-0.2, -0.15) is 0 Å². The third-order valence-corrected chi connectivity index (χ3v) is 17.3. The number of unbranched alkanes of at least 4 members (excludes halogenated alkanes) is 1. The molecule has 9 rings (SSSR count). The standard InChI is InChI=1S/C62H81N13O12.Tb/c63-21-2-1-11-40-35-62-37-70-59(86)47-18-5-14-43(51(47)78)55(82)66-24-9-29-73(30-10-25-67-56(83)45-16-6-19-48(52(45)79)60(87)71-40)32-31-72-27-7-22-64-53(80)41-12-3-15-44(49(41)76)57(84)68-26-20-61(38-74(61)33-34-75(62)39-62)36-69-58(85)46-17-4-13-42(50(46)77)54(81)65-23-8-28-72;/h3-6,12-19,40,76-79H,1-2,7-11,20-39,63H2,(H,64,80)(H,65,81)(H,66,82)(H,67,83)(H,68,84)(H,69,85)(H,70,86)(H,71,87);/q;+3/p-1/t40?,61-,62+,74?,75?;/m1./s1. The average Bonchev–Trinajstić information content (AvgIpc) is 1.85. The summed E-state index contributed by atoms with van der Waals surface area (Å²) in [6.07, 6.45) is 4.02. The van der Waals surface area contributed by atoms with Crippen molar-refractivity contribution in [2.45, 2.75) is 74.9 Å². The topological polar surface area (TPSA) is 355 Å². The molecule has 88 heavy (non-hydrogen) atoms. The molecule has 8 amide bonds. The molecule has 7 atom stereocenters. The van der Waals surface area contributed by atoms with Crippen molar-refractivity contribution in [3.63, 3.8) is 0 Å². The minimum absolute atomic E-state index is 0. The van der Waals surface area contributed by atoms with E-state index >= 15 is 0 Å². The Balaban J connectivity index is 0.0000100. The number of hydrogen-bond donors (Lipinski definition) is 12. The fourth-order valence-corrected chi connectivity index (χ4v) is 12.1. The summed E-state index contributed by atoms with van der Waals surface area (Å²) in [4.78, 5) is 120. The number of carbonyl (C=O) groups excluding carboxylic acids is 8. The van der Waals surface area contributed by atoms with Gasteiger partial charge in [0, 0.05) is 102 Å². The predicted octanol–water partition coefficient (Wildman–Crippen LogP) is 0.408. The van der Waals surface area contributed by atoms with Gasteiger partial charge in [-0.3, -0.25) is 48.2 Å². The molecule has 25 nitrogen and oxygen atoms in total. The minimum Gasteiger partial charge on any atom is -0.871 e. The Morgan fingerprint density at radius 3 is 1.22 bits per heavy atom. The molecule has 5 unspecified atom stereocenters. The van der Waals surface area contributed by atoms with Crippen molar-refractivity contribution in [2.75, 3.05) is 118 Å². The largest absolute Gasteiger partial charge is 3.00 e. The summed E-state index contributed by atoms with van der Waals surface area (Å²) in [5.74, 6) is -7.15. The molecule has 0 aromatic heterocycles. The van der Waals surface area contributed by atoms with Crippen LogP contribution < -0.4 is 53.4 Å². The first-order valence-electron chi connectivity index (χ1n) is 30.2. The maximum Gasteiger partial charge on any atom is 3.00 e. The van der Waals surface area contributed by atoms with Crippen LogP contribution in [0.3, 0.4) is 0 Å². The zero-order chi connectivity index (χ0) is 61.7. The summed E-state index contributed by atoms with van der Waals surface area (Å²) < 4.78 is 0. The molecule has 5 aliphatic rings. The Kier molecular flexibility index (Phi) is 23.5. The molecule has 0 radical (unpaired) electrons. The first kappa shape index (κ1) is 66.9. The van der Waals surface area contributed by atoms with E-state index in [2.05, 4.69) is 62.1 Å². The molecule has 2 spiro atoms. The van der Waals surface area contributed by atoms with Crippen molar-refractivity contribution in [2.24, 2.45) is 5.73 Å². The van der Waals surface area contributed by atoms with Gasteiger partial charge in [-0.1, -0.05) is 48.6 Å². The molecule has 0 aliphatic carbocycles. The Bertz CT molecular complexity index is 3230. The second kappa shape index (κ2) is 30.9. The van der Waals surface area contributed by atoms with Crippen molar-refractivity contribution in [3.05, 3.63) is 117 Å². The van der Waals surface area contributed by atoms with Gasteiger partial charge in [0.25, 0.3) is 47.3 Å². The number of hydrogen-bond acceptors (Lipinski definition) is 17. The normalized spacial score (nSPS) is 25.9. The zero-order valence-corrected chi connectivity index (χ0v) is 51.5. The van der Waals surface area contributed by atoms with Gasteiger partial charge in [-0.15, -0.1) is 0 Å². The number of aromatic hydroxyl groups is 3. The maximum atomic E-state index is 14.4. The van der Waals surface area contributed by atoms with Gasteiger partial charge in [0.1, 0.15) is 17.2 Å². The van der Waals surface area contributed by atoms with E-state index < -0.39 is 87.4 Å². The SMILES string of the molecule is NCCCCC1C[C@@]23CNC(=O)c4cccc(c4[O-])C(=O)NCCCN(CCCNC(=O)c4cccc(c4O)C(=O)N1)CCN1CCCNC(=O)c4cccc(c4O)C(=O)NCC[C@@]4(CNC(=O)c5cccc(c5O)C(=O)NCCC1)CN4CCN2C3.[Tb+3]. The van der Waals surface area contributed by atoms with E-state index in [1.165, 1.54) is 72.8 Å². The molecular formula is C62H80N13O12Tb+2. The number of nitrogens with zero attached hydrogens (tertiary/aromatic N) is 4. The molecule has 13 N–H and O–H groups in total. The number of phenols is 3. The summed E-state index contributed by atoms with van der Waals surface area (Å²) in [6, 6.07) is 16.9. The van der Waals surface area contributed by atoms with Crippen LogP contribution in [-0.4, -0.2) is 217 Å². The number of amides is 8.